The number of nitrogens with one attached hydrogen (secondary N) is 2. The number of methoxy groups -OCH3 is 1. The van der Waals surface area contributed by atoms with Crippen LogP contribution in [0.3, 0.4) is 0 Å². The van der Waals surface area contributed by atoms with Crippen LogP contribution < -0.4 is 20.3 Å². The fourth-order valence-corrected chi connectivity index (χ4v) is 5.00. The van der Waals surface area contributed by atoms with E-state index in [0.29, 0.717) is 29.5 Å². The Morgan fingerprint density at radius 3 is 2.56 bits per heavy atom. The molecule has 3 aliphatic rings. The van der Waals surface area contributed by atoms with Crippen molar-refractivity contribution in [2.24, 2.45) is 5.41 Å². The van der Waals surface area contributed by atoms with Crippen LogP contribution in [0.1, 0.15) is 19.5 Å². The topological polar surface area (TPSA) is 136 Å². The third-order valence-electron chi connectivity index (χ3n) is 6.24. The molecule has 3 atom stereocenters. The van der Waals surface area contributed by atoms with Crippen LogP contribution in [0.2, 0.25) is 0 Å². The Balaban J connectivity index is 1.66. The lowest BCUT2D eigenvalue weighted by Crippen LogP contribution is -2.75. The van der Waals surface area contributed by atoms with Crippen LogP contribution in [-0.4, -0.2) is 64.7 Å². The molecule has 2 saturated heterocycles. The molecule has 1 spiro atoms. The molecule has 32 heavy (non-hydrogen) atoms. The van der Waals surface area contributed by atoms with Crippen molar-refractivity contribution in [2.75, 3.05) is 18.6 Å². The number of hydrogen-bond acceptors (Lipinski definition) is 9. The van der Waals surface area contributed by atoms with Crippen LogP contribution in [0.15, 0.2) is 24.5 Å². The number of hydrogen-bond donors (Lipinski definition) is 2. The maximum absolute atomic E-state index is 13.2. The maximum atomic E-state index is 13.2. The molecular formula is C21H22N6O5. The third kappa shape index (κ3) is 2.92. The Labute approximate surface area is 183 Å². The van der Waals surface area contributed by atoms with Gasteiger partial charge in [-0.05, 0) is 26.0 Å². The maximum Gasteiger partial charge on any atom is 0.328 e. The molecule has 2 N–H and O–H groups in total. The van der Waals surface area contributed by atoms with Gasteiger partial charge in [0.15, 0.2) is 5.41 Å². The van der Waals surface area contributed by atoms with E-state index in [9.17, 15) is 14.4 Å². The molecule has 2 aromatic heterocycles. The van der Waals surface area contributed by atoms with Crippen LogP contribution in [0.4, 0.5) is 10.5 Å². The number of pyridine rings is 1. The van der Waals surface area contributed by atoms with Gasteiger partial charge in [0.1, 0.15) is 5.69 Å². The number of ether oxygens (including phenoxy) is 2. The summed E-state index contributed by atoms with van der Waals surface area (Å²) in [5.41, 5.74) is 0.848. The van der Waals surface area contributed by atoms with Gasteiger partial charge in [0.2, 0.25) is 17.7 Å². The molecule has 0 unspecified atom stereocenters. The second-order valence-electron chi connectivity index (χ2n) is 8.24. The van der Waals surface area contributed by atoms with Crippen molar-refractivity contribution in [1.82, 2.24) is 25.6 Å². The van der Waals surface area contributed by atoms with Gasteiger partial charge in [-0.3, -0.25) is 25.2 Å². The lowest BCUT2D eigenvalue weighted by molar-refractivity contribution is -0.153. The number of nitrogens with zero attached hydrogens (tertiary/aromatic N) is 4. The predicted octanol–water partition coefficient (Wildman–Crippen LogP) is 0.438. The molecule has 0 aromatic carbocycles. The number of rotatable bonds is 2. The second-order valence-corrected chi connectivity index (χ2v) is 8.24. The number of fused-ring (bicyclic) bond motifs is 4. The first-order valence-corrected chi connectivity index (χ1v) is 10.3. The second kappa shape index (κ2) is 7.23. The van der Waals surface area contributed by atoms with Crippen LogP contribution in [-0.2, 0) is 20.7 Å². The van der Waals surface area contributed by atoms with Gasteiger partial charge in [0.05, 0.1) is 54.8 Å². The quantitative estimate of drug-likeness (QED) is 0.640. The van der Waals surface area contributed by atoms with Gasteiger partial charge < -0.3 is 14.4 Å². The molecule has 166 valence electrons. The van der Waals surface area contributed by atoms with Gasteiger partial charge in [-0.1, -0.05) is 0 Å². The standard InChI is InChI=1S/C21H22N6O5/c1-10-9-27-15-5-4-12(14-7-22-8-16(24-14)31-3)23-13(15)6-21(17(27)11(2)32-10)18(28)25-20(30)26-19(21)29/h4-5,7-8,10-11,17H,6,9H2,1-3H3,(H2,25,26,28,29,30)/t10-,11+,17-/m1/s1. The molecule has 2 aromatic rings. The number of aromatic nitrogens is 3. The van der Waals surface area contributed by atoms with Crippen molar-refractivity contribution in [2.45, 2.75) is 38.5 Å². The lowest BCUT2D eigenvalue weighted by atomic mass is 9.67. The van der Waals surface area contributed by atoms with Gasteiger partial charge in [0.25, 0.3) is 0 Å². The molecule has 11 nitrogen and oxygen atoms in total. The number of carbonyl (C=O) groups excluding carboxylic acids is 3. The molecular weight excluding hydrogens is 416 g/mol. The van der Waals surface area contributed by atoms with Crippen molar-refractivity contribution in [3.05, 3.63) is 30.2 Å². The van der Waals surface area contributed by atoms with Gasteiger partial charge in [-0.15, -0.1) is 0 Å². The first-order chi connectivity index (χ1) is 15.3. The van der Waals surface area contributed by atoms with E-state index in [1.165, 1.54) is 13.3 Å². The van der Waals surface area contributed by atoms with E-state index in [1.54, 1.807) is 6.20 Å². The van der Waals surface area contributed by atoms with Crippen LogP contribution in [0.5, 0.6) is 5.88 Å². The zero-order chi connectivity index (χ0) is 22.6. The van der Waals surface area contributed by atoms with E-state index in [0.717, 1.165) is 5.69 Å². The predicted molar refractivity (Wildman–Crippen MR) is 111 cm³/mol. The zero-order valence-corrected chi connectivity index (χ0v) is 17.8. The molecule has 5 heterocycles. The van der Waals surface area contributed by atoms with Gasteiger partial charge in [-0.25, -0.2) is 14.8 Å². The summed E-state index contributed by atoms with van der Waals surface area (Å²) in [6.45, 7) is 4.24. The number of barbiturate groups is 1. The average Bonchev–Trinajstić information content (AvgIpc) is 2.76. The summed E-state index contributed by atoms with van der Waals surface area (Å²) in [6, 6.07) is 2.32. The zero-order valence-electron chi connectivity index (χ0n) is 17.8. The fraction of sp³-hybridized carbons (Fsp3) is 0.429. The van der Waals surface area contributed by atoms with Crippen LogP contribution in [0.25, 0.3) is 11.4 Å². The van der Waals surface area contributed by atoms with E-state index < -0.39 is 35.4 Å². The number of amides is 4. The Hall–Kier alpha value is -3.60. The molecule has 0 bridgehead atoms. The smallest absolute Gasteiger partial charge is 0.328 e. The van der Waals surface area contributed by atoms with Gasteiger partial charge >= 0.3 is 6.03 Å². The lowest BCUT2D eigenvalue weighted by Gasteiger charge is -2.55. The first kappa shape index (κ1) is 20.3. The Morgan fingerprint density at radius 2 is 1.84 bits per heavy atom. The summed E-state index contributed by atoms with van der Waals surface area (Å²) in [6.07, 6.45) is 2.52. The molecule has 2 fully saturated rings. The minimum absolute atomic E-state index is 0.0156. The van der Waals surface area contributed by atoms with E-state index in [-0.39, 0.29) is 12.5 Å². The van der Waals surface area contributed by atoms with Gasteiger partial charge in [-0.2, -0.15) is 0 Å². The molecule has 0 saturated carbocycles. The largest absolute Gasteiger partial charge is 0.480 e. The average molecular weight is 438 g/mol. The van der Waals surface area contributed by atoms with Crippen molar-refractivity contribution in [3.8, 4) is 17.3 Å². The summed E-state index contributed by atoms with van der Waals surface area (Å²) >= 11 is 0. The van der Waals surface area contributed by atoms with E-state index in [1.807, 2.05) is 30.9 Å². The molecule has 3 aliphatic heterocycles. The number of imide groups is 2. The van der Waals surface area contributed by atoms with Crippen LogP contribution in [0, 0.1) is 5.41 Å². The Bertz CT molecular complexity index is 1120. The highest BCUT2D eigenvalue weighted by molar-refractivity contribution is 6.20. The minimum Gasteiger partial charge on any atom is -0.480 e. The minimum atomic E-state index is -1.56. The van der Waals surface area contributed by atoms with Crippen molar-refractivity contribution in [3.63, 3.8) is 0 Å². The summed E-state index contributed by atoms with van der Waals surface area (Å²) in [5.74, 6) is -0.950. The summed E-state index contributed by atoms with van der Waals surface area (Å²) in [5, 5.41) is 4.54. The normalized spacial score (nSPS) is 26.2. The van der Waals surface area contributed by atoms with Crippen LogP contribution >= 0.6 is 0 Å². The highest BCUT2D eigenvalue weighted by Crippen LogP contribution is 2.46. The molecule has 0 radical (unpaired) electrons. The molecule has 4 amide bonds. The third-order valence-corrected chi connectivity index (χ3v) is 6.24. The van der Waals surface area contributed by atoms with Crippen molar-refractivity contribution in [1.29, 1.82) is 0 Å². The number of anilines is 1. The first-order valence-electron chi connectivity index (χ1n) is 10.3. The van der Waals surface area contributed by atoms with E-state index >= 15 is 0 Å². The summed E-state index contributed by atoms with van der Waals surface area (Å²) in [7, 11) is 1.50. The van der Waals surface area contributed by atoms with Crippen molar-refractivity contribution < 1.29 is 23.9 Å². The molecule has 11 heteroatoms. The SMILES string of the molecule is COc1cncc(-c2ccc3c(n2)CC2(C(=O)NC(=O)NC2=O)[C@H]2[C@H](C)O[C@H](C)CN32)n1. The Kier molecular flexibility index (Phi) is 4.59. The monoisotopic (exact) mass is 438 g/mol. The number of morpholine rings is 1. The summed E-state index contributed by atoms with van der Waals surface area (Å²) in [4.78, 5) is 53.4. The van der Waals surface area contributed by atoms with Gasteiger partial charge in [0, 0.05) is 13.0 Å². The number of urea groups is 1. The Morgan fingerprint density at radius 1 is 1.09 bits per heavy atom. The van der Waals surface area contributed by atoms with E-state index in [4.69, 9.17) is 14.5 Å². The van der Waals surface area contributed by atoms with E-state index in [2.05, 4.69) is 20.6 Å². The molecule has 5 rings (SSSR count). The fourth-order valence-electron chi connectivity index (χ4n) is 5.00. The van der Waals surface area contributed by atoms with Crippen molar-refractivity contribution >= 4 is 23.5 Å². The highest BCUT2D eigenvalue weighted by atomic mass is 16.5. The number of carbonyl (C=O) groups is 3. The summed E-state index contributed by atoms with van der Waals surface area (Å²) < 4.78 is 11.2. The highest BCUT2D eigenvalue weighted by Gasteiger charge is 2.63. The molecule has 0 aliphatic carbocycles.